The quantitative estimate of drug-likeness (QED) is 0.547. The first-order valence-electron chi connectivity index (χ1n) is 2.05. The van der Waals surface area contributed by atoms with Gasteiger partial charge in [0.15, 0.2) is 0 Å². The van der Waals surface area contributed by atoms with Gasteiger partial charge in [-0.3, -0.25) is 0 Å². The van der Waals surface area contributed by atoms with Crippen LogP contribution in [0.25, 0.3) is 0 Å². The van der Waals surface area contributed by atoms with Gasteiger partial charge < -0.3 is 0 Å². The summed E-state index contributed by atoms with van der Waals surface area (Å²) >= 11 is -2.41. The average molecular weight is 170 g/mol. The van der Waals surface area contributed by atoms with Gasteiger partial charge >= 0.3 is 46.2 Å². The van der Waals surface area contributed by atoms with E-state index in [1.54, 1.807) is 0 Å². The number of rotatable bonds is 3. The summed E-state index contributed by atoms with van der Waals surface area (Å²) in [6, 6.07) is 0. The van der Waals surface area contributed by atoms with Gasteiger partial charge in [-0.25, -0.2) is 0 Å². The Balaban J connectivity index is 2.82. The second kappa shape index (κ2) is 4.40. The maximum absolute atomic E-state index is 9.91. The van der Waals surface area contributed by atoms with Crippen molar-refractivity contribution < 1.29 is 8.02 Å². The molecule has 3 nitrogen and oxygen atoms in total. The van der Waals surface area contributed by atoms with Gasteiger partial charge in [-0.2, -0.15) is 0 Å². The van der Waals surface area contributed by atoms with Crippen LogP contribution < -0.4 is 5.73 Å². The summed E-state index contributed by atoms with van der Waals surface area (Å²) < 4.78 is 18.1. The molecule has 0 aromatic heterocycles. The van der Waals surface area contributed by atoms with E-state index >= 15 is 0 Å². The molecule has 7 heavy (non-hydrogen) atoms. The molecule has 1 atom stereocenters. The first kappa shape index (κ1) is 7.24. The molecule has 44 valence electrons. The predicted molar refractivity (Wildman–Crippen MR) is 27.1 cm³/mol. The summed E-state index contributed by atoms with van der Waals surface area (Å²) in [6.07, 6.45) is 0.671. The minimum atomic E-state index is -2.41. The van der Waals surface area contributed by atoms with E-state index in [0.717, 1.165) is 0 Å². The van der Waals surface area contributed by atoms with Crippen molar-refractivity contribution in [2.24, 2.45) is 5.73 Å². The average Bonchev–Trinajstić information content (AvgIpc) is 1.61. The molecule has 0 spiro atoms. The summed E-state index contributed by atoms with van der Waals surface area (Å²) in [5.74, 6) is 0. The summed E-state index contributed by atoms with van der Waals surface area (Å²) in [6.45, 7) is 0.517. The van der Waals surface area contributed by atoms with Gasteiger partial charge in [0, 0.05) is 0 Å². The molecule has 0 fully saturated rings. The number of hydrogen-bond donors (Lipinski definition) is 2. The summed E-state index contributed by atoms with van der Waals surface area (Å²) in [4.78, 5) is 0. The third-order valence-electron chi connectivity index (χ3n) is 0.523. The van der Waals surface area contributed by atoms with Crippen LogP contribution in [0.4, 0.5) is 0 Å². The van der Waals surface area contributed by atoms with Crippen LogP contribution in [0, 0.1) is 0 Å². The molecule has 0 bridgehead atoms. The zero-order chi connectivity index (χ0) is 5.70. The minimum absolute atomic E-state index is 0.399. The normalized spacial score (nSPS) is 14.0. The monoisotopic (exact) mass is 171 g/mol. The fraction of sp³-hybridized carbons (Fsp3) is 1.00. The molecule has 0 aromatic rings. The van der Waals surface area contributed by atoms with E-state index in [4.69, 9.17) is 9.92 Å². The SMILES string of the molecule is NCCC[Se](=O)O. The van der Waals surface area contributed by atoms with Gasteiger partial charge in [0.25, 0.3) is 0 Å². The number of hydrogen-bond acceptors (Lipinski definition) is 2. The Morgan fingerprint density at radius 2 is 2.29 bits per heavy atom. The maximum atomic E-state index is 9.91. The van der Waals surface area contributed by atoms with Crippen molar-refractivity contribution >= 4 is 14.2 Å². The van der Waals surface area contributed by atoms with Crippen molar-refractivity contribution in [2.45, 2.75) is 11.7 Å². The second-order valence-electron chi connectivity index (χ2n) is 1.17. The summed E-state index contributed by atoms with van der Waals surface area (Å²) in [7, 11) is 0. The van der Waals surface area contributed by atoms with Crippen molar-refractivity contribution in [3.8, 4) is 0 Å². The van der Waals surface area contributed by atoms with Crippen LogP contribution >= 0.6 is 0 Å². The van der Waals surface area contributed by atoms with Crippen LogP contribution in [0.15, 0.2) is 0 Å². The van der Waals surface area contributed by atoms with Crippen molar-refractivity contribution in [3.63, 3.8) is 0 Å². The molecule has 0 amide bonds. The Hall–Kier alpha value is 0.239. The van der Waals surface area contributed by atoms with Gasteiger partial charge in [-0.05, 0) is 0 Å². The summed E-state index contributed by atoms with van der Waals surface area (Å²) in [5.41, 5.74) is 5.05. The van der Waals surface area contributed by atoms with Crippen LogP contribution in [0.2, 0.25) is 5.32 Å². The Kier molecular flexibility index (Phi) is 4.55. The molecule has 0 aliphatic rings. The Bertz CT molecular complexity index is 66.0. The molecule has 0 aliphatic carbocycles. The standard InChI is InChI=1S/C3H9NO2Se/c4-2-1-3-7(5)6/h1-4H2,(H,5,6). The van der Waals surface area contributed by atoms with E-state index in [2.05, 4.69) is 0 Å². The predicted octanol–water partition coefficient (Wildman–Crippen LogP) is -0.754. The molecule has 0 heterocycles. The van der Waals surface area contributed by atoms with Gasteiger partial charge in [0.05, 0.1) is 0 Å². The molecule has 3 N–H and O–H groups in total. The molecule has 0 rings (SSSR count). The molecule has 0 saturated carbocycles. The molecule has 0 aliphatic heterocycles. The van der Waals surface area contributed by atoms with Crippen LogP contribution in [-0.4, -0.2) is 24.9 Å². The van der Waals surface area contributed by atoms with E-state index in [1.807, 2.05) is 0 Å². The summed E-state index contributed by atoms with van der Waals surface area (Å²) in [5, 5.41) is 0.399. The second-order valence-corrected chi connectivity index (χ2v) is 3.37. The molecule has 0 aromatic carbocycles. The molecule has 0 saturated heterocycles. The van der Waals surface area contributed by atoms with E-state index < -0.39 is 14.2 Å². The van der Waals surface area contributed by atoms with E-state index in [0.29, 0.717) is 18.3 Å². The van der Waals surface area contributed by atoms with E-state index in [9.17, 15) is 3.83 Å². The van der Waals surface area contributed by atoms with Gasteiger partial charge in [-0.15, -0.1) is 0 Å². The fourth-order valence-electron chi connectivity index (χ4n) is 0.207. The Labute approximate surface area is 46.9 Å². The van der Waals surface area contributed by atoms with Gasteiger partial charge in [0.1, 0.15) is 0 Å². The molecular formula is C3H9NO2Se. The van der Waals surface area contributed by atoms with Crippen molar-refractivity contribution in [1.82, 2.24) is 0 Å². The first-order valence-corrected chi connectivity index (χ1v) is 4.72. The fourth-order valence-corrected chi connectivity index (χ4v) is 1.07. The first-order chi connectivity index (χ1) is 3.27. The Morgan fingerprint density at radius 3 is 2.43 bits per heavy atom. The Morgan fingerprint density at radius 1 is 1.71 bits per heavy atom. The molecule has 1 unspecified atom stereocenters. The van der Waals surface area contributed by atoms with Gasteiger partial charge in [0.2, 0.25) is 0 Å². The van der Waals surface area contributed by atoms with Crippen molar-refractivity contribution in [3.05, 3.63) is 0 Å². The van der Waals surface area contributed by atoms with Gasteiger partial charge in [-0.1, -0.05) is 0 Å². The van der Waals surface area contributed by atoms with Crippen molar-refractivity contribution in [2.75, 3.05) is 6.54 Å². The third-order valence-corrected chi connectivity index (χ3v) is 1.86. The van der Waals surface area contributed by atoms with Crippen LogP contribution in [-0.2, 0) is 3.83 Å². The van der Waals surface area contributed by atoms with Crippen molar-refractivity contribution in [1.29, 1.82) is 0 Å². The van der Waals surface area contributed by atoms with Crippen LogP contribution in [0.5, 0.6) is 0 Å². The van der Waals surface area contributed by atoms with E-state index in [-0.39, 0.29) is 0 Å². The zero-order valence-electron chi connectivity index (χ0n) is 3.96. The third kappa shape index (κ3) is 6.24. The topological polar surface area (TPSA) is 63.3 Å². The molecule has 0 radical (unpaired) electrons. The van der Waals surface area contributed by atoms with Crippen LogP contribution in [0.1, 0.15) is 6.42 Å². The zero-order valence-corrected chi connectivity index (χ0v) is 5.68. The number of nitrogens with two attached hydrogens (primary N) is 1. The molecular weight excluding hydrogens is 161 g/mol. The molecule has 4 heteroatoms. The van der Waals surface area contributed by atoms with E-state index in [1.165, 1.54) is 0 Å². The van der Waals surface area contributed by atoms with Crippen LogP contribution in [0.3, 0.4) is 0 Å².